The summed E-state index contributed by atoms with van der Waals surface area (Å²) < 4.78 is 4.77. The molecule has 0 aliphatic heterocycles. The highest BCUT2D eigenvalue weighted by Gasteiger charge is 2.26. The van der Waals surface area contributed by atoms with E-state index in [1.807, 2.05) is 19.1 Å². The van der Waals surface area contributed by atoms with Crippen molar-refractivity contribution in [3.05, 3.63) is 88.6 Å². The van der Waals surface area contributed by atoms with Gasteiger partial charge in [-0.05, 0) is 68.7 Å². The first-order valence-corrected chi connectivity index (χ1v) is 10.6. The van der Waals surface area contributed by atoms with Crippen LogP contribution in [0.25, 0.3) is 0 Å². The molecule has 1 aromatic carbocycles. The van der Waals surface area contributed by atoms with Crippen LogP contribution in [0.5, 0.6) is 5.75 Å². The van der Waals surface area contributed by atoms with E-state index in [0.29, 0.717) is 5.57 Å². The van der Waals surface area contributed by atoms with Crippen molar-refractivity contribution in [2.24, 2.45) is 5.41 Å². The van der Waals surface area contributed by atoms with Crippen LogP contribution in [0, 0.1) is 5.41 Å². The minimum absolute atomic E-state index is 0.0470. The van der Waals surface area contributed by atoms with Crippen LogP contribution in [0.2, 0.25) is 0 Å². The van der Waals surface area contributed by atoms with E-state index < -0.39 is 11.9 Å². The van der Waals surface area contributed by atoms with Gasteiger partial charge >= 0.3 is 11.9 Å². The Morgan fingerprint density at radius 1 is 1.10 bits per heavy atom. The molecular weight excluding hydrogens is 388 g/mol. The third-order valence-electron chi connectivity index (χ3n) is 5.44. The number of carbonyl (C=O) groups is 2. The molecule has 2 rings (SSSR count). The third kappa shape index (κ3) is 7.25. The predicted octanol–water partition coefficient (Wildman–Crippen LogP) is 6.61. The lowest BCUT2D eigenvalue weighted by molar-refractivity contribution is -0.132. The molecular formula is C27H32O4. The summed E-state index contributed by atoms with van der Waals surface area (Å²) in [5, 5.41) is 9.66. The smallest absolute Gasteiger partial charge is 0.349 e. The Bertz CT molecular complexity index is 984. The van der Waals surface area contributed by atoms with Gasteiger partial charge in [0.25, 0.3) is 0 Å². The SMILES string of the molecule is CC(C=CC1=C(C)CCCC1(C)C)=CC=CC(C)=CC(=O)OC(=O)c1ccccc1O. The third-order valence-corrected chi connectivity index (χ3v) is 5.44. The van der Waals surface area contributed by atoms with Crippen LogP contribution >= 0.6 is 0 Å². The standard InChI is InChI=1S/C27H32O4/c1-19(15-16-23-21(3)12-9-17-27(23,4)5)10-8-11-20(2)18-25(29)31-26(30)22-13-6-7-14-24(22)28/h6-8,10-11,13-16,18,28H,9,12,17H2,1-5H3. The summed E-state index contributed by atoms with van der Waals surface area (Å²) in [5.41, 5.74) is 4.80. The Labute approximate surface area is 185 Å². The Kier molecular flexibility index (Phi) is 8.38. The zero-order chi connectivity index (χ0) is 23.0. The summed E-state index contributed by atoms with van der Waals surface area (Å²) in [6.07, 6.45) is 14.8. The molecule has 1 aliphatic rings. The second kappa shape index (κ2) is 10.8. The van der Waals surface area contributed by atoms with Gasteiger partial charge in [0, 0.05) is 6.08 Å². The zero-order valence-electron chi connectivity index (χ0n) is 19.1. The van der Waals surface area contributed by atoms with Gasteiger partial charge in [0.15, 0.2) is 0 Å². The van der Waals surface area contributed by atoms with Gasteiger partial charge in [-0.3, -0.25) is 0 Å². The quantitative estimate of drug-likeness (QED) is 0.243. The second-order valence-corrected chi connectivity index (χ2v) is 8.65. The van der Waals surface area contributed by atoms with Crippen molar-refractivity contribution < 1.29 is 19.4 Å². The first-order chi connectivity index (χ1) is 14.6. The van der Waals surface area contributed by atoms with Gasteiger partial charge in [-0.15, -0.1) is 0 Å². The molecule has 164 valence electrons. The number of para-hydroxylation sites is 1. The molecule has 4 nitrogen and oxygen atoms in total. The van der Waals surface area contributed by atoms with Crippen LogP contribution in [0.15, 0.2) is 83.0 Å². The molecule has 0 aromatic heterocycles. The first-order valence-electron chi connectivity index (χ1n) is 10.6. The van der Waals surface area contributed by atoms with Gasteiger partial charge in [-0.2, -0.15) is 0 Å². The number of rotatable bonds is 6. The van der Waals surface area contributed by atoms with Crippen LogP contribution < -0.4 is 0 Å². The molecule has 0 radical (unpaired) electrons. The van der Waals surface area contributed by atoms with E-state index in [2.05, 4.69) is 32.9 Å². The molecule has 1 aliphatic carbocycles. The lowest BCUT2D eigenvalue weighted by Crippen LogP contribution is -2.19. The van der Waals surface area contributed by atoms with E-state index in [4.69, 9.17) is 4.74 Å². The van der Waals surface area contributed by atoms with Crippen LogP contribution in [0.4, 0.5) is 0 Å². The molecule has 0 amide bonds. The fourth-order valence-electron chi connectivity index (χ4n) is 3.69. The van der Waals surface area contributed by atoms with E-state index >= 15 is 0 Å². The molecule has 0 bridgehead atoms. The number of benzene rings is 1. The monoisotopic (exact) mass is 420 g/mol. The minimum atomic E-state index is -0.882. The topological polar surface area (TPSA) is 63.6 Å². The molecule has 1 aromatic rings. The van der Waals surface area contributed by atoms with Crippen molar-refractivity contribution in [2.45, 2.75) is 53.9 Å². The zero-order valence-corrected chi connectivity index (χ0v) is 19.1. The van der Waals surface area contributed by atoms with Crippen molar-refractivity contribution in [3.63, 3.8) is 0 Å². The number of ether oxygens (including phenoxy) is 1. The molecule has 0 saturated heterocycles. The minimum Gasteiger partial charge on any atom is -0.507 e. The number of esters is 2. The second-order valence-electron chi connectivity index (χ2n) is 8.65. The molecule has 0 atom stereocenters. The molecule has 0 heterocycles. The van der Waals surface area contributed by atoms with Gasteiger partial charge in [0.2, 0.25) is 0 Å². The molecule has 0 unspecified atom stereocenters. The van der Waals surface area contributed by atoms with E-state index in [0.717, 1.165) is 12.0 Å². The van der Waals surface area contributed by atoms with E-state index in [1.165, 1.54) is 42.2 Å². The maximum Gasteiger partial charge on any atom is 0.349 e. The van der Waals surface area contributed by atoms with Crippen molar-refractivity contribution >= 4 is 11.9 Å². The number of phenols is 1. The summed E-state index contributed by atoms with van der Waals surface area (Å²) in [7, 11) is 0. The Morgan fingerprint density at radius 2 is 1.81 bits per heavy atom. The Morgan fingerprint density at radius 3 is 2.48 bits per heavy atom. The fraction of sp³-hybridized carbons (Fsp3) is 0.333. The maximum absolute atomic E-state index is 12.0. The van der Waals surface area contributed by atoms with Crippen LogP contribution in [-0.2, 0) is 9.53 Å². The molecule has 4 heteroatoms. The molecule has 1 N–H and O–H groups in total. The maximum atomic E-state index is 12.0. The van der Waals surface area contributed by atoms with E-state index in [-0.39, 0.29) is 16.7 Å². The summed E-state index contributed by atoms with van der Waals surface area (Å²) in [6.45, 7) is 10.6. The average Bonchev–Trinajstić information content (AvgIpc) is 2.67. The highest BCUT2D eigenvalue weighted by molar-refractivity contribution is 6.01. The Balaban J connectivity index is 1.97. The van der Waals surface area contributed by atoms with E-state index in [9.17, 15) is 14.7 Å². The number of carbonyl (C=O) groups excluding carboxylic acids is 2. The van der Waals surface area contributed by atoms with Crippen LogP contribution in [0.1, 0.15) is 64.2 Å². The number of allylic oxidation sites excluding steroid dienone is 9. The van der Waals surface area contributed by atoms with Gasteiger partial charge in [0.05, 0.1) is 0 Å². The summed E-state index contributed by atoms with van der Waals surface area (Å²) in [5.74, 6) is -1.89. The van der Waals surface area contributed by atoms with Gasteiger partial charge in [-0.25, -0.2) is 9.59 Å². The van der Waals surface area contributed by atoms with Crippen molar-refractivity contribution in [2.75, 3.05) is 0 Å². The fourth-order valence-corrected chi connectivity index (χ4v) is 3.69. The number of aromatic hydroxyl groups is 1. The highest BCUT2D eigenvalue weighted by atomic mass is 16.6. The van der Waals surface area contributed by atoms with Gasteiger partial charge in [0.1, 0.15) is 11.3 Å². The predicted molar refractivity (Wildman–Crippen MR) is 125 cm³/mol. The lowest BCUT2D eigenvalue weighted by Gasteiger charge is -2.32. The van der Waals surface area contributed by atoms with Crippen LogP contribution in [-0.4, -0.2) is 17.0 Å². The average molecular weight is 421 g/mol. The van der Waals surface area contributed by atoms with Crippen molar-refractivity contribution in [1.29, 1.82) is 0 Å². The number of phenolic OH excluding ortho intramolecular Hbond substituents is 1. The number of hydrogen-bond donors (Lipinski definition) is 1. The Hall–Kier alpha value is -3.14. The van der Waals surface area contributed by atoms with Crippen molar-refractivity contribution in [3.8, 4) is 5.75 Å². The molecule has 0 fully saturated rings. The summed E-state index contributed by atoms with van der Waals surface area (Å²) in [6, 6.07) is 5.93. The highest BCUT2D eigenvalue weighted by Crippen LogP contribution is 2.40. The lowest BCUT2D eigenvalue weighted by atomic mass is 9.72. The molecule has 0 spiro atoms. The molecule has 31 heavy (non-hydrogen) atoms. The van der Waals surface area contributed by atoms with Crippen LogP contribution in [0.3, 0.4) is 0 Å². The van der Waals surface area contributed by atoms with Gasteiger partial charge < -0.3 is 9.84 Å². The van der Waals surface area contributed by atoms with E-state index in [1.54, 1.807) is 25.1 Å². The molecule has 0 saturated carbocycles. The summed E-state index contributed by atoms with van der Waals surface area (Å²) >= 11 is 0. The normalized spacial score (nSPS) is 17.5. The van der Waals surface area contributed by atoms with Crippen molar-refractivity contribution in [1.82, 2.24) is 0 Å². The number of hydrogen-bond acceptors (Lipinski definition) is 4. The largest absolute Gasteiger partial charge is 0.507 e. The van der Waals surface area contributed by atoms with Gasteiger partial charge in [-0.1, -0.05) is 67.5 Å². The summed E-state index contributed by atoms with van der Waals surface area (Å²) in [4.78, 5) is 23.9. The first kappa shape index (κ1) is 24.1.